The number of carbonyl (C=O) groups is 1. The summed E-state index contributed by atoms with van der Waals surface area (Å²) < 4.78 is 5.50. The molecule has 0 radical (unpaired) electrons. The molecule has 0 aliphatic heterocycles. The number of halogens is 1. The van der Waals surface area contributed by atoms with Gasteiger partial charge in [-0.05, 0) is 53.7 Å². The first-order chi connectivity index (χ1) is 10.6. The van der Waals surface area contributed by atoms with Crippen molar-refractivity contribution in [3.63, 3.8) is 0 Å². The van der Waals surface area contributed by atoms with Gasteiger partial charge in [-0.25, -0.2) is 0 Å². The SMILES string of the molecule is CC1(C)CC(COC(=O)Cc2ccc(O)c(Cl)c2)CC(C)(C)C1. The fourth-order valence-corrected chi connectivity index (χ4v) is 4.48. The number of esters is 1. The van der Waals surface area contributed by atoms with E-state index in [1.165, 1.54) is 12.5 Å². The van der Waals surface area contributed by atoms with E-state index in [-0.39, 0.29) is 23.2 Å². The zero-order valence-electron chi connectivity index (χ0n) is 14.5. The third kappa shape index (κ3) is 5.42. The highest BCUT2D eigenvalue weighted by atomic mass is 35.5. The van der Waals surface area contributed by atoms with Crippen molar-refractivity contribution in [2.24, 2.45) is 16.7 Å². The van der Waals surface area contributed by atoms with Gasteiger partial charge >= 0.3 is 5.97 Å². The van der Waals surface area contributed by atoms with Gasteiger partial charge in [0.2, 0.25) is 0 Å². The molecule has 0 saturated heterocycles. The van der Waals surface area contributed by atoms with Crippen LogP contribution in [0, 0.1) is 16.7 Å². The zero-order valence-corrected chi connectivity index (χ0v) is 15.2. The number of phenolic OH excluding ortho intramolecular Hbond substituents is 1. The van der Waals surface area contributed by atoms with Crippen LogP contribution in [0.4, 0.5) is 0 Å². The van der Waals surface area contributed by atoms with Gasteiger partial charge in [0, 0.05) is 0 Å². The van der Waals surface area contributed by atoms with Crippen molar-refractivity contribution in [2.45, 2.75) is 53.4 Å². The predicted octanol–water partition coefficient (Wildman–Crippen LogP) is 4.98. The molecule has 1 N–H and O–H groups in total. The molecule has 0 atom stereocenters. The van der Waals surface area contributed by atoms with Crippen LogP contribution in [0.2, 0.25) is 5.02 Å². The molecule has 1 aromatic carbocycles. The van der Waals surface area contributed by atoms with Crippen LogP contribution in [-0.2, 0) is 16.0 Å². The summed E-state index contributed by atoms with van der Waals surface area (Å²) in [5, 5.41) is 9.66. The van der Waals surface area contributed by atoms with E-state index < -0.39 is 0 Å². The van der Waals surface area contributed by atoms with Gasteiger partial charge in [-0.2, -0.15) is 0 Å². The highest BCUT2D eigenvalue weighted by Gasteiger charge is 2.38. The van der Waals surface area contributed by atoms with Crippen molar-refractivity contribution in [2.75, 3.05) is 6.61 Å². The lowest BCUT2D eigenvalue weighted by Crippen LogP contribution is -2.36. The molecule has 0 amide bonds. The molecule has 1 saturated carbocycles. The minimum absolute atomic E-state index is 0.0236. The van der Waals surface area contributed by atoms with Crippen molar-refractivity contribution >= 4 is 17.6 Å². The largest absolute Gasteiger partial charge is 0.506 e. The van der Waals surface area contributed by atoms with Gasteiger partial charge in [0.15, 0.2) is 0 Å². The van der Waals surface area contributed by atoms with Crippen LogP contribution in [-0.4, -0.2) is 17.7 Å². The Kier molecular flexibility index (Phi) is 5.30. The Bertz CT molecular complexity index is 562. The fraction of sp³-hybridized carbons (Fsp3) is 0.632. The second-order valence-electron chi connectivity index (χ2n) is 8.43. The zero-order chi connectivity index (χ0) is 17.3. The van der Waals surface area contributed by atoms with E-state index in [1.54, 1.807) is 12.1 Å². The summed E-state index contributed by atoms with van der Waals surface area (Å²) in [4.78, 5) is 12.0. The second kappa shape index (κ2) is 6.72. The first-order valence-electron chi connectivity index (χ1n) is 8.19. The molecule has 4 heteroatoms. The average molecular weight is 339 g/mol. The Hall–Kier alpha value is -1.22. The minimum atomic E-state index is -0.243. The number of aromatic hydroxyl groups is 1. The van der Waals surface area contributed by atoms with Gasteiger partial charge in [-0.15, -0.1) is 0 Å². The Labute approximate surface area is 144 Å². The van der Waals surface area contributed by atoms with Gasteiger partial charge in [0.25, 0.3) is 0 Å². The van der Waals surface area contributed by atoms with Crippen LogP contribution in [0.15, 0.2) is 18.2 Å². The molecule has 128 valence electrons. The maximum absolute atomic E-state index is 12.0. The molecule has 0 aromatic heterocycles. The Morgan fingerprint density at radius 2 is 1.87 bits per heavy atom. The van der Waals surface area contributed by atoms with Crippen molar-refractivity contribution < 1.29 is 14.6 Å². The summed E-state index contributed by atoms with van der Waals surface area (Å²) in [6, 6.07) is 4.79. The monoisotopic (exact) mass is 338 g/mol. The van der Waals surface area contributed by atoms with E-state index in [2.05, 4.69) is 27.7 Å². The Balaban J connectivity index is 1.87. The van der Waals surface area contributed by atoms with Gasteiger partial charge < -0.3 is 9.84 Å². The molecule has 1 aliphatic carbocycles. The van der Waals surface area contributed by atoms with Crippen molar-refractivity contribution in [3.8, 4) is 5.75 Å². The quantitative estimate of drug-likeness (QED) is 0.787. The number of carbonyl (C=O) groups excluding carboxylic acids is 1. The number of benzene rings is 1. The van der Waals surface area contributed by atoms with E-state index >= 15 is 0 Å². The molecular formula is C19H27ClO3. The van der Waals surface area contributed by atoms with Crippen molar-refractivity contribution in [3.05, 3.63) is 28.8 Å². The molecule has 0 spiro atoms. The third-order valence-electron chi connectivity index (χ3n) is 4.48. The molecule has 1 aromatic rings. The average Bonchev–Trinajstić information content (AvgIpc) is 2.37. The van der Waals surface area contributed by atoms with Crippen LogP contribution >= 0.6 is 11.6 Å². The standard InChI is InChI=1S/C19H27ClO3/c1-18(2)9-14(10-19(3,4)12-18)11-23-17(22)8-13-5-6-16(21)15(20)7-13/h5-7,14,21H,8-12H2,1-4H3. The van der Waals surface area contributed by atoms with Gasteiger partial charge in [-0.1, -0.05) is 45.4 Å². The molecule has 3 nitrogen and oxygen atoms in total. The third-order valence-corrected chi connectivity index (χ3v) is 4.78. The molecule has 0 bridgehead atoms. The van der Waals surface area contributed by atoms with E-state index in [0.717, 1.165) is 18.4 Å². The van der Waals surface area contributed by atoms with E-state index in [1.807, 2.05) is 0 Å². The normalized spacial score (nSPS) is 20.2. The number of ether oxygens (including phenoxy) is 1. The molecule has 23 heavy (non-hydrogen) atoms. The first kappa shape index (κ1) is 18.1. The van der Waals surface area contributed by atoms with E-state index in [9.17, 15) is 9.90 Å². The predicted molar refractivity (Wildman–Crippen MR) is 92.7 cm³/mol. The lowest BCUT2D eigenvalue weighted by Gasteiger charge is -2.44. The van der Waals surface area contributed by atoms with E-state index in [4.69, 9.17) is 16.3 Å². The van der Waals surface area contributed by atoms with Crippen LogP contribution in [0.5, 0.6) is 5.75 Å². The number of rotatable bonds is 4. The number of hydrogen-bond donors (Lipinski definition) is 1. The number of hydrogen-bond acceptors (Lipinski definition) is 3. The molecule has 0 heterocycles. The Morgan fingerprint density at radius 3 is 2.43 bits per heavy atom. The van der Waals surface area contributed by atoms with Gasteiger partial charge in [0.1, 0.15) is 5.75 Å². The molecular weight excluding hydrogens is 312 g/mol. The van der Waals surface area contributed by atoms with Crippen LogP contribution < -0.4 is 0 Å². The lowest BCUT2D eigenvalue weighted by atomic mass is 9.62. The van der Waals surface area contributed by atoms with Gasteiger partial charge in [0.05, 0.1) is 18.1 Å². The second-order valence-corrected chi connectivity index (χ2v) is 8.83. The summed E-state index contributed by atoms with van der Waals surface area (Å²) in [5.74, 6) is 0.199. The highest BCUT2D eigenvalue weighted by molar-refractivity contribution is 6.32. The number of phenols is 1. The van der Waals surface area contributed by atoms with E-state index in [0.29, 0.717) is 23.4 Å². The van der Waals surface area contributed by atoms with Crippen molar-refractivity contribution in [1.29, 1.82) is 0 Å². The summed E-state index contributed by atoms with van der Waals surface area (Å²) in [7, 11) is 0. The summed E-state index contributed by atoms with van der Waals surface area (Å²) >= 11 is 5.86. The van der Waals surface area contributed by atoms with Crippen molar-refractivity contribution in [1.82, 2.24) is 0 Å². The van der Waals surface area contributed by atoms with Crippen LogP contribution in [0.1, 0.15) is 52.5 Å². The maximum Gasteiger partial charge on any atom is 0.310 e. The van der Waals surface area contributed by atoms with Crippen LogP contribution in [0.3, 0.4) is 0 Å². The summed E-state index contributed by atoms with van der Waals surface area (Å²) in [6.07, 6.45) is 3.57. The van der Waals surface area contributed by atoms with Gasteiger partial charge in [-0.3, -0.25) is 4.79 Å². The lowest BCUT2D eigenvalue weighted by molar-refractivity contribution is -0.145. The minimum Gasteiger partial charge on any atom is -0.506 e. The molecule has 1 aliphatic rings. The molecule has 2 rings (SSSR count). The molecule has 0 unspecified atom stereocenters. The topological polar surface area (TPSA) is 46.5 Å². The summed E-state index contributed by atoms with van der Waals surface area (Å²) in [5.41, 5.74) is 1.34. The van der Waals surface area contributed by atoms with Crippen LogP contribution in [0.25, 0.3) is 0 Å². The first-order valence-corrected chi connectivity index (χ1v) is 8.57. The maximum atomic E-state index is 12.0. The molecule has 1 fully saturated rings. The smallest absolute Gasteiger partial charge is 0.310 e. The Morgan fingerprint density at radius 1 is 1.26 bits per heavy atom. The fourth-order valence-electron chi connectivity index (χ4n) is 4.28. The highest BCUT2D eigenvalue weighted by Crippen LogP contribution is 2.48. The summed E-state index contributed by atoms with van der Waals surface area (Å²) in [6.45, 7) is 9.65.